The molecule has 2 aromatic rings. The van der Waals surface area contributed by atoms with Gasteiger partial charge in [0.2, 0.25) is 5.91 Å². The molecule has 6 nitrogen and oxygen atoms in total. The van der Waals surface area contributed by atoms with E-state index in [1.165, 1.54) is 12.1 Å². The molecule has 0 fully saturated rings. The highest BCUT2D eigenvalue weighted by Gasteiger charge is 2.21. The number of carbonyl (C=O) groups is 2. The van der Waals surface area contributed by atoms with Gasteiger partial charge in [-0.05, 0) is 31.0 Å². The number of amides is 1. The van der Waals surface area contributed by atoms with Crippen molar-refractivity contribution in [2.75, 3.05) is 16.8 Å². The van der Waals surface area contributed by atoms with Crippen molar-refractivity contribution in [2.45, 2.75) is 24.9 Å². The molecule has 0 saturated heterocycles. The van der Waals surface area contributed by atoms with Crippen molar-refractivity contribution in [3.05, 3.63) is 40.8 Å². The number of ketones is 1. The molecule has 1 amide bonds. The van der Waals surface area contributed by atoms with Crippen molar-refractivity contribution in [3.8, 4) is 0 Å². The summed E-state index contributed by atoms with van der Waals surface area (Å²) in [5, 5.41) is 2.99. The highest BCUT2D eigenvalue weighted by Crippen LogP contribution is 2.27. The van der Waals surface area contributed by atoms with Gasteiger partial charge in [0.25, 0.3) is 0 Å². The summed E-state index contributed by atoms with van der Waals surface area (Å²) in [7, 11) is 0. The Kier molecular flexibility index (Phi) is 4.48. The highest BCUT2D eigenvalue weighted by atomic mass is 32.2. The van der Waals surface area contributed by atoms with E-state index < -0.39 is 5.82 Å². The van der Waals surface area contributed by atoms with Gasteiger partial charge in [-0.25, -0.2) is 14.4 Å². The first-order valence-corrected chi connectivity index (χ1v) is 8.30. The van der Waals surface area contributed by atoms with E-state index in [1.807, 2.05) is 0 Å². The van der Waals surface area contributed by atoms with E-state index in [4.69, 9.17) is 5.73 Å². The lowest BCUT2D eigenvalue weighted by molar-refractivity contribution is -0.116. The van der Waals surface area contributed by atoms with Crippen LogP contribution in [0.1, 0.15) is 28.0 Å². The molecule has 2 heterocycles. The Balaban J connectivity index is 1.76. The van der Waals surface area contributed by atoms with Crippen LogP contribution >= 0.6 is 11.8 Å². The number of halogens is 1. The van der Waals surface area contributed by atoms with Gasteiger partial charge in [0, 0.05) is 23.9 Å². The predicted molar refractivity (Wildman–Crippen MR) is 89.6 cm³/mol. The van der Waals surface area contributed by atoms with E-state index in [1.54, 1.807) is 13.0 Å². The standard InChI is InChI=1S/C16H15FN4O2S/c1-8-4-14(18)21-16(19-8)24-7-13(22)10-5-9-2-3-15(23)20-12(9)6-11(10)17/h4-6H,2-3,7H2,1H3,(H,20,23)(H2,18,19,21). The number of thioether (sulfide) groups is 1. The number of carbonyl (C=O) groups excluding carboxylic acids is 2. The van der Waals surface area contributed by atoms with Gasteiger partial charge in [-0.15, -0.1) is 0 Å². The normalized spacial score (nSPS) is 13.3. The van der Waals surface area contributed by atoms with Crippen molar-refractivity contribution >= 4 is 35.0 Å². The molecule has 1 aliphatic heterocycles. The summed E-state index contributed by atoms with van der Waals surface area (Å²) in [6.07, 6.45) is 0.823. The minimum atomic E-state index is -0.647. The first-order valence-electron chi connectivity index (χ1n) is 7.32. The van der Waals surface area contributed by atoms with E-state index in [-0.39, 0.29) is 23.0 Å². The molecule has 124 valence electrons. The van der Waals surface area contributed by atoms with Gasteiger partial charge in [0.1, 0.15) is 11.6 Å². The SMILES string of the molecule is Cc1cc(N)nc(SCC(=O)c2cc3c(cc2F)NC(=O)CC3)n1. The van der Waals surface area contributed by atoms with Crippen LogP contribution < -0.4 is 11.1 Å². The summed E-state index contributed by atoms with van der Waals surface area (Å²) in [6.45, 7) is 1.78. The molecule has 0 spiro atoms. The number of hydrogen-bond acceptors (Lipinski definition) is 6. The zero-order valence-electron chi connectivity index (χ0n) is 12.9. The predicted octanol–water partition coefficient (Wildman–Crippen LogP) is 2.37. The number of hydrogen-bond donors (Lipinski definition) is 2. The van der Waals surface area contributed by atoms with Crippen molar-refractivity contribution in [1.82, 2.24) is 9.97 Å². The van der Waals surface area contributed by atoms with Crippen LogP contribution in [-0.4, -0.2) is 27.4 Å². The maximum absolute atomic E-state index is 14.2. The molecule has 0 radical (unpaired) electrons. The van der Waals surface area contributed by atoms with Crippen molar-refractivity contribution in [2.24, 2.45) is 0 Å². The Labute approximate surface area is 142 Å². The Hall–Kier alpha value is -2.48. The maximum Gasteiger partial charge on any atom is 0.224 e. The van der Waals surface area contributed by atoms with Crippen LogP contribution in [0, 0.1) is 12.7 Å². The fourth-order valence-corrected chi connectivity index (χ4v) is 3.25. The number of anilines is 2. The Morgan fingerprint density at radius 3 is 2.88 bits per heavy atom. The first kappa shape index (κ1) is 16.4. The van der Waals surface area contributed by atoms with Crippen LogP contribution in [0.3, 0.4) is 0 Å². The van der Waals surface area contributed by atoms with E-state index in [0.29, 0.717) is 35.2 Å². The lowest BCUT2D eigenvalue weighted by Gasteiger charge is -2.17. The summed E-state index contributed by atoms with van der Waals surface area (Å²) >= 11 is 1.11. The fourth-order valence-electron chi connectivity index (χ4n) is 2.45. The van der Waals surface area contributed by atoms with Crippen LogP contribution in [0.2, 0.25) is 0 Å². The largest absolute Gasteiger partial charge is 0.384 e. The number of aryl methyl sites for hydroxylation is 2. The molecule has 1 aromatic heterocycles. The zero-order valence-corrected chi connectivity index (χ0v) is 13.7. The van der Waals surface area contributed by atoms with E-state index in [2.05, 4.69) is 15.3 Å². The molecule has 0 unspecified atom stereocenters. The molecule has 1 aromatic carbocycles. The quantitative estimate of drug-likeness (QED) is 0.501. The van der Waals surface area contributed by atoms with Gasteiger partial charge in [0.15, 0.2) is 10.9 Å². The Morgan fingerprint density at radius 1 is 1.33 bits per heavy atom. The number of rotatable bonds is 4. The summed E-state index contributed by atoms with van der Waals surface area (Å²) < 4.78 is 14.2. The number of nitrogens with zero attached hydrogens (tertiary/aromatic N) is 2. The molecule has 8 heteroatoms. The summed E-state index contributed by atoms with van der Waals surface area (Å²) in [6, 6.07) is 4.34. The Bertz CT molecular complexity index is 821. The molecule has 1 aliphatic rings. The number of nitrogens with two attached hydrogens (primary N) is 1. The van der Waals surface area contributed by atoms with Crippen LogP contribution in [-0.2, 0) is 11.2 Å². The molecule has 24 heavy (non-hydrogen) atoms. The second-order valence-corrected chi connectivity index (χ2v) is 6.41. The third-order valence-electron chi connectivity index (χ3n) is 3.57. The van der Waals surface area contributed by atoms with Gasteiger partial charge < -0.3 is 11.1 Å². The van der Waals surface area contributed by atoms with Gasteiger partial charge in [0.05, 0.1) is 11.3 Å². The molecule has 3 rings (SSSR count). The lowest BCUT2D eigenvalue weighted by atomic mass is 9.98. The summed E-state index contributed by atoms with van der Waals surface area (Å²) in [5.74, 6) is -0.823. The average molecular weight is 346 g/mol. The van der Waals surface area contributed by atoms with Crippen molar-refractivity contribution < 1.29 is 14.0 Å². The second-order valence-electron chi connectivity index (χ2n) is 5.47. The van der Waals surface area contributed by atoms with Crippen LogP contribution in [0.25, 0.3) is 0 Å². The Morgan fingerprint density at radius 2 is 2.12 bits per heavy atom. The zero-order chi connectivity index (χ0) is 17.3. The van der Waals surface area contributed by atoms with E-state index in [0.717, 1.165) is 17.3 Å². The summed E-state index contributed by atoms with van der Waals surface area (Å²) in [5.41, 5.74) is 7.56. The van der Waals surface area contributed by atoms with Crippen molar-refractivity contribution in [3.63, 3.8) is 0 Å². The molecular formula is C16H15FN4O2S. The third kappa shape index (κ3) is 3.53. The minimum absolute atomic E-state index is 0.00492. The van der Waals surface area contributed by atoms with E-state index >= 15 is 0 Å². The molecule has 0 atom stereocenters. The number of Topliss-reactive ketones (excluding diaryl/α,β-unsaturated/α-hetero) is 1. The molecule has 0 aliphatic carbocycles. The fraction of sp³-hybridized carbons (Fsp3) is 0.250. The number of nitrogen functional groups attached to an aromatic ring is 1. The third-order valence-corrected chi connectivity index (χ3v) is 4.42. The second kappa shape index (κ2) is 6.56. The molecule has 3 N–H and O–H groups in total. The van der Waals surface area contributed by atoms with Crippen LogP contribution in [0.5, 0.6) is 0 Å². The average Bonchev–Trinajstić information content (AvgIpc) is 2.51. The van der Waals surface area contributed by atoms with Gasteiger partial charge >= 0.3 is 0 Å². The van der Waals surface area contributed by atoms with Crippen molar-refractivity contribution in [1.29, 1.82) is 0 Å². The number of nitrogens with one attached hydrogen (secondary N) is 1. The van der Waals surface area contributed by atoms with Crippen LogP contribution in [0.15, 0.2) is 23.4 Å². The molecule has 0 bridgehead atoms. The number of aromatic nitrogens is 2. The topological polar surface area (TPSA) is 98.0 Å². The maximum atomic E-state index is 14.2. The molecular weight excluding hydrogens is 331 g/mol. The first-order chi connectivity index (χ1) is 11.4. The van der Waals surface area contributed by atoms with Gasteiger partial charge in [-0.2, -0.15) is 0 Å². The monoisotopic (exact) mass is 346 g/mol. The minimum Gasteiger partial charge on any atom is -0.384 e. The highest BCUT2D eigenvalue weighted by molar-refractivity contribution is 7.99. The summed E-state index contributed by atoms with van der Waals surface area (Å²) in [4.78, 5) is 31.9. The lowest BCUT2D eigenvalue weighted by Crippen LogP contribution is -2.20. The van der Waals surface area contributed by atoms with Gasteiger partial charge in [-0.1, -0.05) is 11.8 Å². The smallest absolute Gasteiger partial charge is 0.224 e. The molecule has 0 saturated carbocycles. The number of fused-ring (bicyclic) bond motifs is 1. The van der Waals surface area contributed by atoms with E-state index in [9.17, 15) is 14.0 Å². The number of benzene rings is 1. The van der Waals surface area contributed by atoms with Gasteiger partial charge in [-0.3, -0.25) is 9.59 Å². The van der Waals surface area contributed by atoms with Crippen LogP contribution in [0.4, 0.5) is 15.9 Å².